The highest BCUT2D eigenvalue weighted by atomic mass is 16.3. The van der Waals surface area contributed by atoms with E-state index in [9.17, 15) is 4.79 Å². The van der Waals surface area contributed by atoms with Crippen LogP contribution in [0.15, 0.2) is 0 Å². The largest absolute Gasteiger partial charge is 0.396 e. The van der Waals surface area contributed by atoms with Crippen LogP contribution in [0.2, 0.25) is 0 Å². The van der Waals surface area contributed by atoms with Gasteiger partial charge in [-0.15, -0.1) is 0 Å². The van der Waals surface area contributed by atoms with Crippen molar-refractivity contribution in [2.24, 2.45) is 11.8 Å². The minimum Gasteiger partial charge on any atom is -0.396 e. The Bertz CT molecular complexity index is 120. The summed E-state index contributed by atoms with van der Waals surface area (Å²) in [6, 6.07) is 0. The highest BCUT2D eigenvalue weighted by molar-refractivity contribution is 5.82. The normalized spacial score (nSPS) is 35.6. The average molecular weight is 128 g/mol. The van der Waals surface area contributed by atoms with Crippen molar-refractivity contribution in [1.29, 1.82) is 0 Å². The third kappa shape index (κ3) is 1.13. The van der Waals surface area contributed by atoms with E-state index in [1.54, 1.807) is 0 Å². The molecule has 1 aliphatic carbocycles. The number of ketones is 1. The van der Waals surface area contributed by atoms with Crippen molar-refractivity contribution in [3.05, 3.63) is 0 Å². The monoisotopic (exact) mass is 128 g/mol. The molecule has 0 bridgehead atoms. The van der Waals surface area contributed by atoms with Gasteiger partial charge in [-0.1, -0.05) is 6.92 Å². The van der Waals surface area contributed by atoms with Crippen molar-refractivity contribution in [2.45, 2.75) is 19.8 Å². The highest BCUT2D eigenvalue weighted by Crippen LogP contribution is 2.27. The molecule has 0 aromatic carbocycles. The molecule has 0 aliphatic heterocycles. The van der Waals surface area contributed by atoms with Gasteiger partial charge in [0.05, 0.1) is 0 Å². The van der Waals surface area contributed by atoms with Gasteiger partial charge >= 0.3 is 0 Å². The van der Waals surface area contributed by atoms with Gasteiger partial charge in [0.2, 0.25) is 0 Å². The molecule has 0 radical (unpaired) electrons. The molecule has 0 aromatic heterocycles. The first kappa shape index (κ1) is 6.75. The number of carbonyl (C=O) groups is 1. The van der Waals surface area contributed by atoms with Gasteiger partial charge in [-0.05, 0) is 12.3 Å². The molecule has 9 heavy (non-hydrogen) atoms. The third-order valence-electron chi connectivity index (χ3n) is 2.21. The summed E-state index contributed by atoms with van der Waals surface area (Å²) in [4.78, 5) is 10.8. The van der Waals surface area contributed by atoms with Crippen LogP contribution in [-0.4, -0.2) is 17.5 Å². The minimum absolute atomic E-state index is 0.106. The zero-order valence-corrected chi connectivity index (χ0v) is 5.63. The summed E-state index contributed by atoms with van der Waals surface area (Å²) < 4.78 is 0. The van der Waals surface area contributed by atoms with Gasteiger partial charge in [0.1, 0.15) is 5.78 Å². The second kappa shape index (κ2) is 2.48. The molecule has 1 aliphatic rings. The molecule has 1 fully saturated rings. The van der Waals surface area contributed by atoms with Crippen LogP contribution >= 0.6 is 0 Å². The molecule has 2 atom stereocenters. The zero-order valence-electron chi connectivity index (χ0n) is 5.63. The lowest BCUT2D eigenvalue weighted by Crippen LogP contribution is -2.13. The Hall–Kier alpha value is -0.370. The van der Waals surface area contributed by atoms with Crippen LogP contribution in [0.4, 0.5) is 0 Å². The van der Waals surface area contributed by atoms with Crippen molar-refractivity contribution >= 4 is 5.78 Å². The number of rotatable bonds is 1. The lowest BCUT2D eigenvalue weighted by Gasteiger charge is -2.08. The number of hydrogen-bond donors (Lipinski definition) is 1. The number of aliphatic hydroxyl groups excluding tert-OH is 1. The van der Waals surface area contributed by atoms with Gasteiger partial charge in [0, 0.05) is 18.9 Å². The van der Waals surface area contributed by atoms with Crippen molar-refractivity contribution in [3.8, 4) is 0 Å². The van der Waals surface area contributed by atoms with Crippen LogP contribution < -0.4 is 0 Å². The molecule has 0 aromatic rings. The average Bonchev–Trinajstić information content (AvgIpc) is 2.15. The second-order valence-corrected chi connectivity index (χ2v) is 2.74. The highest BCUT2D eigenvalue weighted by Gasteiger charge is 2.29. The van der Waals surface area contributed by atoms with E-state index in [-0.39, 0.29) is 18.4 Å². The Morgan fingerprint density at radius 2 is 2.44 bits per heavy atom. The molecular formula is C7H12O2. The maximum atomic E-state index is 10.8. The maximum Gasteiger partial charge on any atom is 0.136 e. The quantitative estimate of drug-likeness (QED) is 0.561. The number of hydrogen-bond acceptors (Lipinski definition) is 2. The van der Waals surface area contributed by atoms with E-state index in [1.165, 1.54) is 0 Å². The van der Waals surface area contributed by atoms with Gasteiger partial charge in [0.25, 0.3) is 0 Å². The molecule has 2 nitrogen and oxygen atoms in total. The van der Waals surface area contributed by atoms with Crippen molar-refractivity contribution in [3.63, 3.8) is 0 Å². The maximum absolute atomic E-state index is 10.8. The first-order valence-electron chi connectivity index (χ1n) is 3.39. The van der Waals surface area contributed by atoms with Crippen LogP contribution in [0, 0.1) is 11.8 Å². The molecule has 2 heteroatoms. The van der Waals surface area contributed by atoms with Gasteiger partial charge in [-0.3, -0.25) is 4.79 Å². The molecule has 0 saturated heterocycles. The zero-order chi connectivity index (χ0) is 6.85. The van der Waals surface area contributed by atoms with E-state index in [1.807, 2.05) is 6.92 Å². The Kier molecular flexibility index (Phi) is 1.86. The van der Waals surface area contributed by atoms with E-state index >= 15 is 0 Å². The van der Waals surface area contributed by atoms with Gasteiger partial charge in [-0.25, -0.2) is 0 Å². The molecule has 0 unspecified atom stereocenters. The van der Waals surface area contributed by atoms with Gasteiger partial charge < -0.3 is 5.11 Å². The molecule has 0 amide bonds. The minimum atomic E-state index is 0.106. The molecule has 0 heterocycles. The Morgan fingerprint density at radius 1 is 1.78 bits per heavy atom. The summed E-state index contributed by atoms with van der Waals surface area (Å²) in [5.41, 5.74) is 0. The summed E-state index contributed by atoms with van der Waals surface area (Å²) in [7, 11) is 0. The van der Waals surface area contributed by atoms with Crippen molar-refractivity contribution in [2.75, 3.05) is 6.61 Å². The fraction of sp³-hybridized carbons (Fsp3) is 0.857. The second-order valence-electron chi connectivity index (χ2n) is 2.74. The van der Waals surface area contributed by atoms with Gasteiger partial charge in [0.15, 0.2) is 0 Å². The smallest absolute Gasteiger partial charge is 0.136 e. The predicted octanol–water partition coefficient (Wildman–Crippen LogP) is 0.594. The van der Waals surface area contributed by atoms with E-state index in [2.05, 4.69) is 0 Å². The summed E-state index contributed by atoms with van der Waals surface area (Å²) >= 11 is 0. The lowest BCUT2D eigenvalue weighted by atomic mass is 9.99. The summed E-state index contributed by atoms with van der Waals surface area (Å²) in [5, 5.41) is 8.70. The molecule has 1 rings (SSSR count). The van der Waals surface area contributed by atoms with Crippen LogP contribution in [0.5, 0.6) is 0 Å². The predicted molar refractivity (Wildman–Crippen MR) is 34.0 cm³/mol. The molecular weight excluding hydrogens is 116 g/mol. The fourth-order valence-electron chi connectivity index (χ4n) is 1.32. The third-order valence-corrected chi connectivity index (χ3v) is 2.21. The first-order chi connectivity index (χ1) is 4.25. The first-order valence-corrected chi connectivity index (χ1v) is 3.39. The van der Waals surface area contributed by atoms with Crippen molar-refractivity contribution in [1.82, 2.24) is 0 Å². The number of Topliss-reactive ketones (excluding diaryl/α,β-unsaturated/α-hetero) is 1. The summed E-state index contributed by atoms with van der Waals surface area (Å²) in [5.74, 6) is 0.668. The van der Waals surface area contributed by atoms with E-state index in [0.717, 1.165) is 6.42 Å². The number of carbonyl (C=O) groups excluding carboxylic acids is 1. The molecule has 1 saturated carbocycles. The van der Waals surface area contributed by atoms with E-state index < -0.39 is 0 Å². The standard InChI is InChI=1S/C7H12O2/c1-5-6(4-8)2-3-7(5)9/h5-6,8H,2-4H2,1H3/t5-,6-/m1/s1. The Labute approximate surface area is 54.9 Å². The molecule has 1 N–H and O–H groups in total. The van der Waals surface area contributed by atoms with Gasteiger partial charge in [-0.2, -0.15) is 0 Å². The fourth-order valence-corrected chi connectivity index (χ4v) is 1.32. The topological polar surface area (TPSA) is 37.3 Å². The van der Waals surface area contributed by atoms with Crippen LogP contribution in [0.3, 0.4) is 0 Å². The number of aliphatic hydroxyl groups is 1. The lowest BCUT2D eigenvalue weighted by molar-refractivity contribution is -0.120. The van der Waals surface area contributed by atoms with Crippen LogP contribution in [-0.2, 0) is 4.79 Å². The van der Waals surface area contributed by atoms with Crippen LogP contribution in [0.25, 0.3) is 0 Å². The van der Waals surface area contributed by atoms with E-state index in [4.69, 9.17) is 5.11 Å². The molecule has 0 spiro atoms. The van der Waals surface area contributed by atoms with Crippen LogP contribution in [0.1, 0.15) is 19.8 Å². The van der Waals surface area contributed by atoms with E-state index in [0.29, 0.717) is 12.2 Å². The summed E-state index contributed by atoms with van der Waals surface area (Å²) in [6.07, 6.45) is 1.56. The SMILES string of the molecule is C[C@H]1C(=O)CC[C@@H]1CO. The van der Waals surface area contributed by atoms with Crippen molar-refractivity contribution < 1.29 is 9.90 Å². The Morgan fingerprint density at radius 3 is 2.67 bits per heavy atom. The Balaban J connectivity index is 2.51. The molecule has 52 valence electrons. The summed E-state index contributed by atoms with van der Waals surface area (Å²) in [6.45, 7) is 2.07.